The number of benzene rings is 1. The van der Waals surface area contributed by atoms with Crippen molar-refractivity contribution in [1.82, 2.24) is 10.2 Å². The predicted molar refractivity (Wildman–Crippen MR) is 88.9 cm³/mol. The van der Waals surface area contributed by atoms with Crippen molar-refractivity contribution < 1.29 is 18.0 Å². The molecular formula is C14H18BrClF3N3O. The van der Waals surface area contributed by atoms with E-state index in [0.29, 0.717) is 0 Å². The number of alkyl halides is 3. The highest BCUT2D eigenvalue weighted by molar-refractivity contribution is 9.10. The molecular weight excluding hydrogens is 399 g/mol. The van der Waals surface area contributed by atoms with Crippen molar-refractivity contribution in [3.8, 4) is 0 Å². The molecule has 0 spiro atoms. The molecule has 0 saturated carbocycles. The Hall–Kier alpha value is -0.830. The largest absolute Gasteiger partial charge is 0.417 e. The van der Waals surface area contributed by atoms with Crippen LogP contribution in [0.25, 0.3) is 0 Å². The minimum Gasteiger partial charge on any atom is -0.325 e. The first kappa shape index (κ1) is 20.2. The second-order valence-electron chi connectivity index (χ2n) is 5.26. The van der Waals surface area contributed by atoms with Crippen molar-refractivity contribution in [2.45, 2.75) is 19.1 Å². The van der Waals surface area contributed by atoms with E-state index in [1.165, 1.54) is 12.1 Å². The summed E-state index contributed by atoms with van der Waals surface area (Å²) in [6.07, 6.45) is -4.47. The summed E-state index contributed by atoms with van der Waals surface area (Å²) < 4.78 is 38.4. The number of carbonyl (C=O) groups is 1. The molecule has 1 saturated heterocycles. The van der Waals surface area contributed by atoms with Gasteiger partial charge in [-0.1, -0.05) is 15.9 Å². The van der Waals surface area contributed by atoms with Gasteiger partial charge in [-0.15, -0.1) is 12.4 Å². The average molecular weight is 417 g/mol. The Labute approximate surface area is 147 Å². The Morgan fingerprint density at radius 1 is 1.48 bits per heavy atom. The Balaban J connectivity index is 0.00000264. The molecule has 1 atom stereocenters. The van der Waals surface area contributed by atoms with E-state index in [0.717, 1.165) is 25.7 Å². The molecule has 2 N–H and O–H groups in total. The van der Waals surface area contributed by atoms with E-state index in [-0.39, 0.29) is 41.1 Å². The van der Waals surface area contributed by atoms with Crippen LogP contribution in [0.15, 0.2) is 22.7 Å². The molecule has 130 valence electrons. The highest BCUT2D eigenvalue weighted by atomic mass is 79.9. The zero-order valence-corrected chi connectivity index (χ0v) is 14.8. The second kappa shape index (κ2) is 8.32. The van der Waals surface area contributed by atoms with Crippen molar-refractivity contribution in [1.29, 1.82) is 0 Å². The molecule has 23 heavy (non-hydrogen) atoms. The molecule has 1 fully saturated rings. The number of hydrogen-bond donors (Lipinski definition) is 2. The van der Waals surface area contributed by atoms with Crippen molar-refractivity contribution >= 4 is 39.9 Å². The van der Waals surface area contributed by atoms with Crippen LogP contribution in [0.5, 0.6) is 0 Å². The Morgan fingerprint density at radius 3 is 2.78 bits per heavy atom. The molecule has 0 aliphatic carbocycles. The van der Waals surface area contributed by atoms with Crippen molar-refractivity contribution in [2.24, 2.45) is 0 Å². The lowest BCUT2D eigenvalue weighted by Gasteiger charge is -2.33. The third-order valence-electron chi connectivity index (χ3n) is 3.54. The lowest BCUT2D eigenvalue weighted by molar-refractivity contribution is -0.138. The summed E-state index contributed by atoms with van der Waals surface area (Å²) in [5.41, 5.74) is -0.663. The second-order valence-corrected chi connectivity index (χ2v) is 6.12. The fraction of sp³-hybridized carbons (Fsp3) is 0.500. The molecule has 1 aromatic carbocycles. The number of nitrogens with zero attached hydrogens (tertiary/aromatic N) is 1. The van der Waals surface area contributed by atoms with Gasteiger partial charge in [0.1, 0.15) is 0 Å². The molecule has 1 amide bonds. The summed E-state index contributed by atoms with van der Waals surface area (Å²) in [4.78, 5) is 14.0. The minimum atomic E-state index is -4.47. The molecule has 0 unspecified atom stereocenters. The van der Waals surface area contributed by atoms with Gasteiger partial charge in [0.2, 0.25) is 5.91 Å². The van der Waals surface area contributed by atoms with E-state index >= 15 is 0 Å². The first-order valence-corrected chi connectivity index (χ1v) is 7.68. The Kier molecular flexibility index (Phi) is 7.31. The third kappa shape index (κ3) is 5.63. The summed E-state index contributed by atoms with van der Waals surface area (Å²) in [6.45, 7) is 4.50. The number of amides is 1. The van der Waals surface area contributed by atoms with Crippen LogP contribution in [0, 0.1) is 0 Å². The maximum Gasteiger partial charge on any atom is 0.417 e. The van der Waals surface area contributed by atoms with Gasteiger partial charge in [-0.2, -0.15) is 13.2 Å². The normalized spacial score (nSPS) is 19.1. The highest BCUT2D eigenvalue weighted by Crippen LogP contribution is 2.36. The number of rotatable bonds is 3. The van der Waals surface area contributed by atoms with Gasteiger partial charge in [0.25, 0.3) is 0 Å². The number of piperazine rings is 1. The minimum absolute atomic E-state index is 0. The molecule has 1 aliphatic heterocycles. The molecule has 9 heteroatoms. The van der Waals surface area contributed by atoms with Crippen LogP contribution in [0.4, 0.5) is 18.9 Å². The molecule has 2 rings (SSSR count). The van der Waals surface area contributed by atoms with Crippen LogP contribution in [0.3, 0.4) is 0 Å². The molecule has 1 aliphatic rings. The quantitative estimate of drug-likeness (QED) is 0.796. The standard InChI is InChI=1S/C14H17BrF3N3O.ClH/c1-9-7-19-4-5-21(9)8-13(22)20-10-2-3-12(15)11(6-10)14(16,17)18;/h2-3,6,9,19H,4-5,7-8H2,1H3,(H,20,22);1H/t9-;/m0./s1. The van der Waals surface area contributed by atoms with Gasteiger partial charge in [-0.3, -0.25) is 9.69 Å². The molecule has 1 heterocycles. The number of nitrogens with one attached hydrogen (secondary N) is 2. The fourth-order valence-corrected chi connectivity index (χ4v) is 2.79. The van der Waals surface area contributed by atoms with Gasteiger partial charge >= 0.3 is 6.18 Å². The van der Waals surface area contributed by atoms with E-state index in [4.69, 9.17) is 0 Å². The molecule has 4 nitrogen and oxygen atoms in total. The molecule has 0 bridgehead atoms. The van der Waals surface area contributed by atoms with Crippen molar-refractivity contribution in [3.63, 3.8) is 0 Å². The van der Waals surface area contributed by atoms with Gasteiger partial charge in [0.05, 0.1) is 12.1 Å². The summed E-state index contributed by atoms with van der Waals surface area (Å²) in [7, 11) is 0. The van der Waals surface area contributed by atoms with Crippen LogP contribution in [0.2, 0.25) is 0 Å². The van der Waals surface area contributed by atoms with E-state index < -0.39 is 11.7 Å². The van der Waals surface area contributed by atoms with Crippen LogP contribution in [-0.4, -0.2) is 43.0 Å². The first-order chi connectivity index (χ1) is 10.3. The highest BCUT2D eigenvalue weighted by Gasteiger charge is 2.33. The van der Waals surface area contributed by atoms with E-state index in [1.54, 1.807) is 0 Å². The maximum absolute atomic E-state index is 12.8. The van der Waals surface area contributed by atoms with Crippen LogP contribution >= 0.6 is 28.3 Å². The SMILES string of the molecule is C[C@H]1CNCCN1CC(=O)Nc1ccc(Br)c(C(F)(F)F)c1.Cl. The van der Waals surface area contributed by atoms with Gasteiger partial charge < -0.3 is 10.6 Å². The Bertz CT molecular complexity index is 557. The smallest absolute Gasteiger partial charge is 0.325 e. The van der Waals surface area contributed by atoms with Gasteiger partial charge in [-0.05, 0) is 25.1 Å². The van der Waals surface area contributed by atoms with E-state index in [1.807, 2.05) is 11.8 Å². The fourth-order valence-electron chi connectivity index (χ4n) is 2.32. The van der Waals surface area contributed by atoms with E-state index in [9.17, 15) is 18.0 Å². The van der Waals surface area contributed by atoms with Crippen LogP contribution < -0.4 is 10.6 Å². The van der Waals surface area contributed by atoms with E-state index in [2.05, 4.69) is 26.6 Å². The molecule has 0 radical (unpaired) electrons. The number of hydrogen-bond acceptors (Lipinski definition) is 3. The lowest BCUT2D eigenvalue weighted by Crippen LogP contribution is -2.51. The van der Waals surface area contributed by atoms with Gasteiger partial charge in [-0.25, -0.2) is 0 Å². The van der Waals surface area contributed by atoms with Gasteiger partial charge in [0.15, 0.2) is 0 Å². The predicted octanol–water partition coefficient (Wildman–Crippen LogP) is 3.12. The first-order valence-electron chi connectivity index (χ1n) is 6.89. The Morgan fingerprint density at radius 2 is 2.17 bits per heavy atom. The van der Waals surface area contributed by atoms with Crippen molar-refractivity contribution in [2.75, 3.05) is 31.5 Å². The average Bonchev–Trinajstić information content (AvgIpc) is 2.42. The number of anilines is 1. The number of carbonyl (C=O) groups excluding carboxylic acids is 1. The van der Waals surface area contributed by atoms with Crippen molar-refractivity contribution in [3.05, 3.63) is 28.2 Å². The summed E-state index contributed by atoms with van der Waals surface area (Å²) in [5, 5.41) is 5.74. The lowest BCUT2D eigenvalue weighted by atomic mass is 10.2. The monoisotopic (exact) mass is 415 g/mol. The zero-order valence-electron chi connectivity index (χ0n) is 12.4. The topological polar surface area (TPSA) is 44.4 Å². The third-order valence-corrected chi connectivity index (χ3v) is 4.23. The molecule has 1 aromatic rings. The summed E-state index contributed by atoms with van der Waals surface area (Å²) >= 11 is 2.87. The number of halogens is 5. The van der Waals surface area contributed by atoms with Gasteiger partial charge in [0, 0.05) is 35.8 Å². The zero-order chi connectivity index (χ0) is 16.3. The van der Waals surface area contributed by atoms with Crippen LogP contribution in [-0.2, 0) is 11.0 Å². The summed E-state index contributed by atoms with van der Waals surface area (Å²) in [5.74, 6) is -0.316. The maximum atomic E-state index is 12.8. The summed E-state index contributed by atoms with van der Waals surface area (Å²) in [6, 6.07) is 3.88. The molecule has 0 aromatic heterocycles. The van der Waals surface area contributed by atoms with Crippen LogP contribution in [0.1, 0.15) is 12.5 Å².